The van der Waals surface area contributed by atoms with Crippen LogP contribution in [0.25, 0.3) is 0 Å². The summed E-state index contributed by atoms with van der Waals surface area (Å²) >= 11 is 6.05. The molecular formula is C13H17ClN2. The van der Waals surface area contributed by atoms with E-state index in [1.807, 2.05) is 24.3 Å². The third-order valence-corrected chi connectivity index (χ3v) is 3.41. The van der Waals surface area contributed by atoms with Gasteiger partial charge in [0.05, 0.1) is 10.7 Å². The first-order valence-corrected chi connectivity index (χ1v) is 6.22. The molecule has 1 atom stereocenters. The fourth-order valence-corrected chi connectivity index (χ4v) is 2.20. The molecule has 0 radical (unpaired) electrons. The lowest BCUT2D eigenvalue weighted by Gasteiger charge is -2.20. The van der Waals surface area contributed by atoms with Crippen LogP contribution in [-0.2, 0) is 0 Å². The summed E-state index contributed by atoms with van der Waals surface area (Å²) in [6.45, 7) is 2.24. The molecule has 1 aliphatic rings. The number of anilines is 1. The molecule has 1 N–H and O–H groups in total. The summed E-state index contributed by atoms with van der Waals surface area (Å²) in [7, 11) is 0. The molecule has 0 aromatic heterocycles. The van der Waals surface area contributed by atoms with Crippen LogP contribution in [0.15, 0.2) is 29.4 Å². The lowest BCUT2D eigenvalue weighted by Crippen LogP contribution is -2.17. The predicted octanol–water partition coefficient (Wildman–Crippen LogP) is 4.32. The molecule has 0 bridgehead atoms. The Morgan fingerprint density at radius 1 is 1.31 bits per heavy atom. The van der Waals surface area contributed by atoms with Crippen molar-refractivity contribution in [2.24, 2.45) is 11.0 Å². The van der Waals surface area contributed by atoms with Crippen LogP contribution in [0.3, 0.4) is 0 Å². The Labute approximate surface area is 102 Å². The number of benzene rings is 1. The molecular weight excluding hydrogens is 220 g/mol. The van der Waals surface area contributed by atoms with Crippen molar-refractivity contribution in [3.63, 3.8) is 0 Å². The SMILES string of the molecule is C[C@H]1CCCC/C1=N/Nc1ccccc1Cl. The van der Waals surface area contributed by atoms with E-state index in [4.69, 9.17) is 11.6 Å². The van der Waals surface area contributed by atoms with Crippen molar-refractivity contribution in [1.29, 1.82) is 0 Å². The van der Waals surface area contributed by atoms with Gasteiger partial charge in [-0.05, 0) is 37.3 Å². The molecule has 0 spiro atoms. The number of nitrogens with zero attached hydrogens (tertiary/aromatic N) is 1. The van der Waals surface area contributed by atoms with E-state index in [0.717, 1.165) is 17.1 Å². The Hall–Kier alpha value is -1.02. The maximum absolute atomic E-state index is 6.05. The molecule has 16 heavy (non-hydrogen) atoms. The molecule has 2 rings (SSSR count). The lowest BCUT2D eigenvalue weighted by atomic mass is 9.89. The lowest BCUT2D eigenvalue weighted by molar-refractivity contribution is 0.558. The van der Waals surface area contributed by atoms with Gasteiger partial charge < -0.3 is 0 Å². The Balaban J connectivity index is 2.05. The minimum absolute atomic E-state index is 0.601. The van der Waals surface area contributed by atoms with Gasteiger partial charge in [0, 0.05) is 5.71 Å². The maximum Gasteiger partial charge on any atom is 0.0748 e. The van der Waals surface area contributed by atoms with Crippen molar-refractivity contribution in [2.45, 2.75) is 32.6 Å². The minimum atomic E-state index is 0.601. The van der Waals surface area contributed by atoms with E-state index in [1.54, 1.807) is 0 Å². The van der Waals surface area contributed by atoms with E-state index in [0.29, 0.717) is 5.92 Å². The van der Waals surface area contributed by atoms with Crippen LogP contribution < -0.4 is 5.43 Å². The predicted molar refractivity (Wildman–Crippen MR) is 70.1 cm³/mol. The zero-order chi connectivity index (χ0) is 11.4. The molecule has 86 valence electrons. The van der Waals surface area contributed by atoms with Crippen molar-refractivity contribution >= 4 is 23.0 Å². The van der Waals surface area contributed by atoms with Gasteiger partial charge in [0.1, 0.15) is 0 Å². The van der Waals surface area contributed by atoms with Crippen molar-refractivity contribution in [3.8, 4) is 0 Å². The summed E-state index contributed by atoms with van der Waals surface area (Å²) in [4.78, 5) is 0. The molecule has 2 nitrogen and oxygen atoms in total. The Morgan fingerprint density at radius 3 is 2.88 bits per heavy atom. The number of nitrogens with one attached hydrogen (secondary N) is 1. The second-order valence-corrected chi connectivity index (χ2v) is 4.75. The van der Waals surface area contributed by atoms with Gasteiger partial charge >= 0.3 is 0 Å². The van der Waals surface area contributed by atoms with Crippen molar-refractivity contribution < 1.29 is 0 Å². The highest BCUT2D eigenvalue weighted by molar-refractivity contribution is 6.33. The average molecular weight is 237 g/mol. The summed E-state index contributed by atoms with van der Waals surface area (Å²) in [5.74, 6) is 0.601. The van der Waals surface area contributed by atoms with E-state index in [1.165, 1.54) is 25.0 Å². The third kappa shape index (κ3) is 2.76. The molecule has 0 aliphatic heterocycles. The van der Waals surface area contributed by atoms with Gasteiger partial charge in [-0.25, -0.2) is 0 Å². The van der Waals surface area contributed by atoms with E-state index in [9.17, 15) is 0 Å². The standard InChI is InChI=1S/C13H17ClN2/c1-10-6-2-4-8-12(10)15-16-13-9-5-3-7-11(13)14/h3,5,7,9-10,16H,2,4,6,8H2,1H3/b15-12-/t10-/m0/s1. The van der Waals surface area contributed by atoms with Crippen LogP contribution in [0.2, 0.25) is 5.02 Å². The number of halogens is 1. The highest BCUT2D eigenvalue weighted by atomic mass is 35.5. The monoisotopic (exact) mass is 236 g/mol. The highest BCUT2D eigenvalue weighted by Crippen LogP contribution is 2.23. The number of rotatable bonds is 2. The van der Waals surface area contributed by atoms with Crippen LogP contribution in [0, 0.1) is 5.92 Å². The number of hydrogen-bond acceptors (Lipinski definition) is 2. The van der Waals surface area contributed by atoms with E-state index >= 15 is 0 Å². The van der Waals surface area contributed by atoms with Crippen LogP contribution in [-0.4, -0.2) is 5.71 Å². The first-order chi connectivity index (χ1) is 7.77. The average Bonchev–Trinajstić information content (AvgIpc) is 2.30. The summed E-state index contributed by atoms with van der Waals surface area (Å²) in [6, 6.07) is 7.69. The summed E-state index contributed by atoms with van der Waals surface area (Å²) < 4.78 is 0. The largest absolute Gasteiger partial charge is 0.277 e. The van der Waals surface area contributed by atoms with E-state index in [-0.39, 0.29) is 0 Å². The summed E-state index contributed by atoms with van der Waals surface area (Å²) in [5.41, 5.74) is 5.22. The minimum Gasteiger partial charge on any atom is -0.277 e. The molecule has 0 unspecified atom stereocenters. The van der Waals surface area contributed by atoms with Gasteiger partial charge in [-0.1, -0.05) is 37.1 Å². The number of hydrogen-bond donors (Lipinski definition) is 1. The van der Waals surface area contributed by atoms with Crippen LogP contribution in [0.4, 0.5) is 5.69 Å². The summed E-state index contributed by atoms with van der Waals surface area (Å²) in [6.07, 6.45) is 4.95. The highest BCUT2D eigenvalue weighted by Gasteiger charge is 2.15. The Kier molecular flexibility index (Phi) is 3.83. The molecule has 1 aromatic rings. The van der Waals surface area contributed by atoms with Gasteiger partial charge in [0.15, 0.2) is 0 Å². The third-order valence-electron chi connectivity index (χ3n) is 3.08. The van der Waals surface area contributed by atoms with Gasteiger partial charge in [-0.15, -0.1) is 0 Å². The van der Waals surface area contributed by atoms with Gasteiger partial charge in [0.25, 0.3) is 0 Å². The summed E-state index contributed by atoms with van der Waals surface area (Å²) in [5, 5.41) is 5.20. The molecule has 3 heteroatoms. The topological polar surface area (TPSA) is 24.4 Å². The van der Waals surface area contributed by atoms with Gasteiger partial charge in [0.2, 0.25) is 0 Å². The van der Waals surface area contributed by atoms with Gasteiger partial charge in [-0.2, -0.15) is 5.10 Å². The van der Waals surface area contributed by atoms with Crippen molar-refractivity contribution in [3.05, 3.63) is 29.3 Å². The zero-order valence-electron chi connectivity index (χ0n) is 9.54. The molecule has 0 saturated heterocycles. The van der Waals surface area contributed by atoms with Crippen molar-refractivity contribution in [2.75, 3.05) is 5.43 Å². The normalized spacial score (nSPS) is 23.4. The Morgan fingerprint density at radius 2 is 2.12 bits per heavy atom. The molecule has 0 heterocycles. The second kappa shape index (κ2) is 5.35. The fraction of sp³-hybridized carbons (Fsp3) is 0.462. The first-order valence-electron chi connectivity index (χ1n) is 5.84. The Bertz CT molecular complexity index is 387. The first kappa shape index (κ1) is 11.5. The fourth-order valence-electron chi connectivity index (χ4n) is 2.02. The van der Waals surface area contributed by atoms with Crippen LogP contribution >= 0.6 is 11.6 Å². The second-order valence-electron chi connectivity index (χ2n) is 4.34. The smallest absolute Gasteiger partial charge is 0.0748 e. The number of para-hydroxylation sites is 1. The molecule has 1 fully saturated rings. The molecule has 1 aliphatic carbocycles. The maximum atomic E-state index is 6.05. The van der Waals surface area contributed by atoms with Crippen LogP contribution in [0.1, 0.15) is 32.6 Å². The molecule has 1 aromatic carbocycles. The van der Waals surface area contributed by atoms with Gasteiger partial charge in [-0.3, -0.25) is 5.43 Å². The van der Waals surface area contributed by atoms with Crippen LogP contribution in [0.5, 0.6) is 0 Å². The molecule has 1 saturated carbocycles. The van der Waals surface area contributed by atoms with E-state index < -0.39 is 0 Å². The van der Waals surface area contributed by atoms with Crippen molar-refractivity contribution in [1.82, 2.24) is 0 Å². The molecule has 0 amide bonds. The quantitative estimate of drug-likeness (QED) is 0.760. The zero-order valence-corrected chi connectivity index (χ0v) is 10.3. The number of hydrazone groups is 1. The van der Waals surface area contributed by atoms with E-state index in [2.05, 4.69) is 17.5 Å².